The first kappa shape index (κ1) is 19.6. The van der Waals surface area contributed by atoms with Crippen LogP contribution in [0.15, 0.2) is 48.8 Å². The molecule has 0 aliphatic heterocycles. The van der Waals surface area contributed by atoms with Gasteiger partial charge in [0.2, 0.25) is 5.95 Å². The van der Waals surface area contributed by atoms with Crippen LogP contribution in [0.1, 0.15) is 16.8 Å². The molecular weight excluding hydrogens is 378 g/mol. The second-order valence-electron chi connectivity index (χ2n) is 7.19. The summed E-state index contributed by atoms with van der Waals surface area (Å²) in [6.07, 6.45) is 3.29. The third-order valence-corrected chi connectivity index (χ3v) is 4.98. The number of anilines is 2. The molecule has 30 heavy (non-hydrogen) atoms. The number of hydrogen-bond donors (Lipinski definition) is 1. The molecule has 0 spiro atoms. The van der Waals surface area contributed by atoms with Crippen molar-refractivity contribution >= 4 is 22.8 Å². The van der Waals surface area contributed by atoms with Gasteiger partial charge in [-0.05, 0) is 18.6 Å². The molecule has 0 aliphatic rings. The number of nitrogens with one attached hydrogen (secondary N) is 1. The van der Waals surface area contributed by atoms with Gasteiger partial charge in [-0.2, -0.15) is 5.10 Å². The van der Waals surface area contributed by atoms with E-state index in [1.165, 1.54) is 5.56 Å². The number of rotatable bonds is 7. The summed E-state index contributed by atoms with van der Waals surface area (Å²) in [5.41, 5.74) is 4.10. The molecule has 0 amide bonds. The molecule has 4 aromatic rings. The van der Waals surface area contributed by atoms with Gasteiger partial charge in [0.05, 0.1) is 25.2 Å². The lowest BCUT2D eigenvalue weighted by atomic mass is 10.1. The molecular formula is C22H25N7O. The van der Waals surface area contributed by atoms with Crippen molar-refractivity contribution in [3.8, 4) is 5.75 Å². The van der Waals surface area contributed by atoms with E-state index in [0.717, 1.165) is 34.7 Å². The van der Waals surface area contributed by atoms with Crippen molar-refractivity contribution in [1.82, 2.24) is 24.7 Å². The van der Waals surface area contributed by atoms with Gasteiger partial charge in [-0.3, -0.25) is 4.68 Å². The summed E-state index contributed by atoms with van der Waals surface area (Å²) in [5, 5.41) is 8.86. The maximum atomic E-state index is 5.12. The number of benzene rings is 1. The summed E-state index contributed by atoms with van der Waals surface area (Å²) in [5.74, 6) is 2.06. The molecule has 0 saturated heterocycles. The first-order chi connectivity index (χ1) is 14.5. The molecule has 0 saturated carbocycles. The van der Waals surface area contributed by atoms with Crippen LogP contribution in [0.5, 0.6) is 5.75 Å². The smallest absolute Gasteiger partial charge is 0.223 e. The predicted octanol–water partition coefficient (Wildman–Crippen LogP) is 3.32. The van der Waals surface area contributed by atoms with Crippen molar-refractivity contribution in [2.45, 2.75) is 20.0 Å². The minimum atomic E-state index is 0.537. The Kier molecular flexibility index (Phi) is 5.47. The molecule has 0 unspecified atom stereocenters. The highest BCUT2D eigenvalue weighted by molar-refractivity contribution is 5.81. The third-order valence-electron chi connectivity index (χ3n) is 4.98. The number of pyridine rings is 1. The average Bonchev–Trinajstić information content (AvgIpc) is 3.05. The molecule has 0 fully saturated rings. The average molecular weight is 403 g/mol. The Hall–Kier alpha value is -3.68. The molecule has 4 rings (SSSR count). The molecule has 154 valence electrons. The Morgan fingerprint density at radius 1 is 1.13 bits per heavy atom. The summed E-state index contributed by atoms with van der Waals surface area (Å²) in [6.45, 7) is 3.29. The van der Waals surface area contributed by atoms with Gasteiger partial charge in [0.25, 0.3) is 0 Å². The normalized spacial score (nSPS) is 10.9. The third kappa shape index (κ3) is 4.03. The first-order valence-electron chi connectivity index (χ1n) is 9.73. The number of ether oxygens (including phenoxy) is 1. The van der Waals surface area contributed by atoms with Crippen LogP contribution in [-0.2, 0) is 20.1 Å². The van der Waals surface area contributed by atoms with Gasteiger partial charge >= 0.3 is 0 Å². The summed E-state index contributed by atoms with van der Waals surface area (Å²) < 4.78 is 6.95. The highest BCUT2D eigenvalue weighted by atomic mass is 16.5. The van der Waals surface area contributed by atoms with Crippen molar-refractivity contribution in [2.75, 3.05) is 24.4 Å². The highest BCUT2D eigenvalue weighted by Crippen LogP contribution is 2.26. The summed E-state index contributed by atoms with van der Waals surface area (Å²) in [7, 11) is 5.57. The van der Waals surface area contributed by atoms with E-state index in [2.05, 4.69) is 50.5 Å². The molecule has 0 bridgehead atoms. The first-order valence-corrected chi connectivity index (χ1v) is 9.73. The zero-order chi connectivity index (χ0) is 21.1. The molecule has 1 N–H and O–H groups in total. The quantitative estimate of drug-likeness (QED) is 0.507. The van der Waals surface area contributed by atoms with Gasteiger partial charge in [0.1, 0.15) is 5.82 Å². The monoisotopic (exact) mass is 403 g/mol. The molecule has 1 aromatic carbocycles. The minimum Gasteiger partial charge on any atom is -0.494 e. The predicted molar refractivity (Wildman–Crippen MR) is 118 cm³/mol. The maximum absolute atomic E-state index is 5.12. The van der Waals surface area contributed by atoms with Crippen molar-refractivity contribution in [3.63, 3.8) is 0 Å². The number of aromatic nitrogens is 5. The van der Waals surface area contributed by atoms with Crippen molar-refractivity contribution in [3.05, 3.63) is 65.6 Å². The zero-order valence-corrected chi connectivity index (χ0v) is 17.6. The fourth-order valence-corrected chi connectivity index (χ4v) is 3.45. The fraction of sp³-hybridized carbons (Fsp3) is 0.273. The lowest BCUT2D eigenvalue weighted by molar-refractivity contribution is 0.411. The lowest BCUT2D eigenvalue weighted by Gasteiger charge is -2.22. The Labute approximate surface area is 175 Å². The molecule has 3 aromatic heterocycles. The molecule has 0 aliphatic carbocycles. The SMILES string of the molecule is COc1cnc(NCc2cc3c(C)nn(C)c3nc2N(C)Cc2ccccc2)nc1. The number of hydrogen-bond acceptors (Lipinski definition) is 7. The molecule has 0 atom stereocenters. The van der Waals surface area contributed by atoms with Crippen LogP contribution in [-0.4, -0.2) is 38.9 Å². The molecule has 0 radical (unpaired) electrons. The van der Waals surface area contributed by atoms with Gasteiger partial charge in [-0.25, -0.2) is 15.0 Å². The van der Waals surface area contributed by atoms with Crippen LogP contribution in [0.2, 0.25) is 0 Å². The largest absolute Gasteiger partial charge is 0.494 e. The topological polar surface area (TPSA) is 81.0 Å². The van der Waals surface area contributed by atoms with Gasteiger partial charge < -0.3 is 15.0 Å². The van der Waals surface area contributed by atoms with Gasteiger partial charge in [0, 0.05) is 38.1 Å². The fourth-order valence-electron chi connectivity index (χ4n) is 3.45. The van der Waals surface area contributed by atoms with Gasteiger partial charge in [0.15, 0.2) is 11.4 Å². The standard InChI is InChI=1S/C22H25N7O/c1-15-19-10-17(11-23-22-24-12-18(30-4)13-25-22)20(26-21(19)29(3)27-15)28(2)14-16-8-6-5-7-9-16/h5-10,12-13H,11,14H2,1-4H3,(H,23,24,25). The van der Waals surface area contributed by atoms with E-state index >= 15 is 0 Å². The maximum Gasteiger partial charge on any atom is 0.223 e. The van der Waals surface area contributed by atoms with Crippen LogP contribution in [0, 0.1) is 6.92 Å². The van der Waals surface area contributed by atoms with Crippen LogP contribution in [0.4, 0.5) is 11.8 Å². The van der Waals surface area contributed by atoms with E-state index in [4.69, 9.17) is 9.72 Å². The Bertz CT molecular complexity index is 1140. The van der Waals surface area contributed by atoms with Crippen LogP contribution >= 0.6 is 0 Å². The molecule has 3 heterocycles. The van der Waals surface area contributed by atoms with Crippen molar-refractivity contribution in [1.29, 1.82) is 0 Å². The summed E-state index contributed by atoms with van der Waals surface area (Å²) in [6, 6.07) is 12.5. The van der Waals surface area contributed by atoms with E-state index in [1.807, 2.05) is 36.9 Å². The van der Waals surface area contributed by atoms with Crippen molar-refractivity contribution in [2.24, 2.45) is 7.05 Å². The number of methoxy groups -OCH3 is 1. The number of nitrogens with zero attached hydrogens (tertiary/aromatic N) is 6. The van der Waals surface area contributed by atoms with Crippen LogP contribution < -0.4 is 15.0 Å². The number of aryl methyl sites for hydroxylation is 2. The minimum absolute atomic E-state index is 0.537. The second kappa shape index (κ2) is 8.36. The van der Waals surface area contributed by atoms with Crippen LogP contribution in [0.3, 0.4) is 0 Å². The lowest BCUT2D eigenvalue weighted by Crippen LogP contribution is -2.20. The Morgan fingerprint density at radius 3 is 2.57 bits per heavy atom. The second-order valence-corrected chi connectivity index (χ2v) is 7.19. The highest BCUT2D eigenvalue weighted by Gasteiger charge is 2.16. The number of fused-ring (bicyclic) bond motifs is 1. The van der Waals surface area contributed by atoms with Gasteiger partial charge in [-0.1, -0.05) is 30.3 Å². The van der Waals surface area contributed by atoms with E-state index in [0.29, 0.717) is 18.2 Å². The zero-order valence-electron chi connectivity index (χ0n) is 17.6. The van der Waals surface area contributed by atoms with Crippen molar-refractivity contribution < 1.29 is 4.74 Å². The van der Waals surface area contributed by atoms with Gasteiger partial charge in [-0.15, -0.1) is 0 Å². The summed E-state index contributed by atoms with van der Waals surface area (Å²) >= 11 is 0. The summed E-state index contributed by atoms with van der Waals surface area (Å²) in [4.78, 5) is 15.7. The Balaban J connectivity index is 1.66. The van der Waals surface area contributed by atoms with E-state index in [9.17, 15) is 0 Å². The Morgan fingerprint density at radius 2 is 1.87 bits per heavy atom. The molecule has 8 heteroatoms. The van der Waals surface area contributed by atoms with E-state index in [-0.39, 0.29) is 0 Å². The molecule has 8 nitrogen and oxygen atoms in total. The van der Waals surface area contributed by atoms with E-state index < -0.39 is 0 Å². The van der Waals surface area contributed by atoms with E-state index in [1.54, 1.807) is 19.5 Å². The van der Waals surface area contributed by atoms with Crippen LogP contribution in [0.25, 0.3) is 11.0 Å².